The molecule has 4 rings (SSSR count). The van der Waals surface area contributed by atoms with Crippen LogP contribution in [0, 0.1) is 11.7 Å². The highest BCUT2D eigenvalue weighted by Crippen LogP contribution is 2.21. The summed E-state index contributed by atoms with van der Waals surface area (Å²) in [7, 11) is 0. The van der Waals surface area contributed by atoms with E-state index in [9.17, 15) is 14.0 Å². The van der Waals surface area contributed by atoms with Gasteiger partial charge >= 0.3 is 5.97 Å². The Morgan fingerprint density at radius 3 is 2.96 bits per heavy atom. The van der Waals surface area contributed by atoms with Gasteiger partial charge in [-0.3, -0.25) is 14.6 Å². The number of aliphatic carboxylic acids is 1. The number of carboxylic acids is 1. The molecule has 8 nitrogen and oxygen atoms in total. The van der Waals surface area contributed by atoms with Crippen LogP contribution in [0.4, 0.5) is 4.39 Å². The zero-order valence-electron chi connectivity index (χ0n) is 13.5. The largest absolute Gasteiger partial charge is 0.481 e. The van der Waals surface area contributed by atoms with E-state index in [1.54, 1.807) is 16.7 Å². The molecule has 1 aromatic carbocycles. The molecule has 1 aliphatic rings. The summed E-state index contributed by atoms with van der Waals surface area (Å²) >= 11 is 0. The second-order valence-corrected chi connectivity index (χ2v) is 6.06. The van der Waals surface area contributed by atoms with Gasteiger partial charge in [-0.05, 0) is 24.3 Å². The Morgan fingerprint density at radius 2 is 2.15 bits per heavy atom. The van der Waals surface area contributed by atoms with E-state index >= 15 is 0 Å². The smallest absolute Gasteiger partial charge is 0.308 e. The standard InChI is InChI=1S/C17H14FN5O3/c18-12-4-3-11(15-10(12)2-1-5-19-15)16(24)20-7-14-22-21-13-6-9(17(25)26)8-23(13)14/h1-5,9H,6-8H2,(H,20,24)(H,25,26). The fraction of sp³-hybridized carbons (Fsp3) is 0.235. The van der Waals surface area contributed by atoms with Crippen molar-refractivity contribution >= 4 is 22.8 Å². The van der Waals surface area contributed by atoms with Gasteiger partial charge in [0.05, 0.1) is 23.5 Å². The third-order valence-corrected chi connectivity index (χ3v) is 4.45. The van der Waals surface area contributed by atoms with Crippen LogP contribution in [-0.4, -0.2) is 36.7 Å². The van der Waals surface area contributed by atoms with Crippen molar-refractivity contribution in [3.8, 4) is 0 Å². The molecule has 1 amide bonds. The predicted molar refractivity (Wildman–Crippen MR) is 87.7 cm³/mol. The summed E-state index contributed by atoms with van der Waals surface area (Å²) in [5, 5.41) is 20.1. The number of hydrogen-bond donors (Lipinski definition) is 2. The van der Waals surface area contributed by atoms with Crippen molar-refractivity contribution in [2.24, 2.45) is 5.92 Å². The molecule has 0 saturated carbocycles. The average Bonchev–Trinajstić information content (AvgIpc) is 3.21. The Morgan fingerprint density at radius 1 is 1.31 bits per heavy atom. The van der Waals surface area contributed by atoms with E-state index < -0.39 is 23.6 Å². The Balaban J connectivity index is 1.53. The number of fused-ring (bicyclic) bond motifs is 2. The van der Waals surface area contributed by atoms with Gasteiger partial charge in [-0.15, -0.1) is 10.2 Å². The summed E-state index contributed by atoms with van der Waals surface area (Å²) in [6, 6.07) is 5.78. The van der Waals surface area contributed by atoms with Crippen LogP contribution in [0.1, 0.15) is 22.0 Å². The van der Waals surface area contributed by atoms with Crippen LogP contribution in [-0.2, 0) is 24.3 Å². The number of nitrogens with one attached hydrogen (secondary N) is 1. The maximum atomic E-state index is 13.8. The molecule has 2 N–H and O–H groups in total. The van der Waals surface area contributed by atoms with Crippen molar-refractivity contribution in [2.75, 3.05) is 0 Å². The molecule has 132 valence electrons. The van der Waals surface area contributed by atoms with E-state index in [0.717, 1.165) is 0 Å². The molecule has 26 heavy (non-hydrogen) atoms. The highest BCUT2D eigenvalue weighted by molar-refractivity contribution is 6.05. The number of pyridine rings is 1. The summed E-state index contributed by atoms with van der Waals surface area (Å²) < 4.78 is 15.6. The highest BCUT2D eigenvalue weighted by Gasteiger charge is 2.30. The van der Waals surface area contributed by atoms with Crippen LogP contribution in [0.3, 0.4) is 0 Å². The molecule has 0 bridgehead atoms. The summed E-state index contributed by atoms with van der Waals surface area (Å²) in [6.45, 7) is 0.369. The van der Waals surface area contributed by atoms with E-state index in [1.165, 1.54) is 18.3 Å². The van der Waals surface area contributed by atoms with Crippen LogP contribution < -0.4 is 5.32 Å². The van der Waals surface area contributed by atoms with Gasteiger partial charge in [-0.2, -0.15) is 0 Å². The van der Waals surface area contributed by atoms with Gasteiger partial charge in [0, 0.05) is 24.5 Å². The maximum absolute atomic E-state index is 13.8. The lowest BCUT2D eigenvalue weighted by Crippen LogP contribution is -2.25. The fourth-order valence-corrected chi connectivity index (χ4v) is 3.11. The van der Waals surface area contributed by atoms with Crippen molar-refractivity contribution in [1.82, 2.24) is 25.1 Å². The van der Waals surface area contributed by atoms with Gasteiger partial charge in [0.25, 0.3) is 5.91 Å². The minimum atomic E-state index is -0.880. The number of carboxylic acid groups (broad SMARTS) is 1. The van der Waals surface area contributed by atoms with E-state index in [-0.39, 0.29) is 29.6 Å². The van der Waals surface area contributed by atoms with Gasteiger partial charge in [0.1, 0.15) is 11.6 Å². The SMILES string of the molecule is O=C(NCc1nnc2n1CC(C(=O)O)C2)c1ccc(F)c2cccnc12. The summed E-state index contributed by atoms with van der Waals surface area (Å²) in [5.74, 6) is -1.19. The average molecular weight is 355 g/mol. The lowest BCUT2D eigenvalue weighted by atomic mass is 10.1. The molecule has 1 aliphatic heterocycles. The number of hydrogen-bond acceptors (Lipinski definition) is 5. The molecule has 0 spiro atoms. The quantitative estimate of drug-likeness (QED) is 0.726. The second-order valence-electron chi connectivity index (χ2n) is 6.06. The van der Waals surface area contributed by atoms with Crippen molar-refractivity contribution in [3.63, 3.8) is 0 Å². The number of aromatic nitrogens is 4. The Labute approximate surface area is 146 Å². The van der Waals surface area contributed by atoms with Crippen LogP contribution in [0.25, 0.3) is 10.9 Å². The van der Waals surface area contributed by atoms with Gasteiger partial charge in [0.2, 0.25) is 0 Å². The topological polar surface area (TPSA) is 110 Å². The summed E-state index contributed by atoms with van der Waals surface area (Å²) in [4.78, 5) is 27.7. The Bertz CT molecular complexity index is 1030. The Hall–Kier alpha value is -3.36. The highest BCUT2D eigenvalue weighted by atomic mass is 19.1. The zero-order chi connectivity index (χ0) is 18.3. The molecule has 0 aliphatic carbocycles. The number of nitrogens with zero attached hydrogens (tertiary/aromatic N) is 4. The van der Waals surface area contributed by atoms with Gasteiger partial charge in [-0.1, -0.05) is 0 Å². The van der Waals surface area contributed by atoms with Crippen molar-refractivity contribution in [2.45, 2.75) is 19.5 Å². The third kappa shape index (κ3) is 2.67. The molecular weight excluding hydrogens is 341 g/mol. The van der Waals surface area contributed by atoms with E-state index in [4.69, 9.17) is 5.11 Å². The molecule has 0 saturated heterocycles. The predicted octanol–water partition coefficient (Wildman–Crippen LogP) is 1.15. The lowest BCUT2D eigenvalue weighted by Gasteiger charge is -2.09. The first kappa shape index (κ1) is 16.1. The van der Waals surface area contributed by atoms with Gasteiger partial charge in [0.15, 0.2) is 5.82 Å². The van der Waals surface area contributed by atoms with E-state index in [1.807, 2.05) is 0 Å². The van der Waals surface area contributed by atoms with Crippen molar-refractivity contribution in [1.29, 1.82) is 0 Å². The molecule has 9 heteroatoms. The Kier molecular flexibility index (Phi) is 3.83. The fourth-order valence-electron chi connectivity index (χ4n) is 3.11. The lowest BCUT2D eigenvalue weighted by molar-refractivity contribution is -0.141. The van der Waals surface area contributed by atoms with Crippen LogP contribution in [0.5, 0.6) is 0 Å². The molecular formula is C17H14FN5O3. The van der Waals surface area contributed by atoms with Crippen LogP contribution >= 0.6 is 0 Å². The van der Waals surface area contributed by atoms with Crippen LogP contribution in [0.2, 0.25) is 0 Å². The minimum Gasteiger partial charge on any atom is -0.481 e. The zero-order valence-corrected chi connectivity index (χ0v) is 13.5. The molecule has 2 aromatic heterocycles. The normalized spacial score (nSPS) is 15.8. The van der Waals surface area contributed by atoms with Gasteiger partial charge < -0.3 is 15.0 Å². The van der Waals surface area contributed by atoms with Crippen LogP contribution in [0.15, 0.2) is 30.5 Å². The van der Waals surface area contributed by atoms with Crippen molar-refractivity contribution in [3.05, 3.63) is 53.5 Å². The number of rotatable bonds is 4. The van der Waals surface area contributed by atoms with Gasteiger partial charge in [-0.25, -0.2) is 4.39 Å². The molecule has 3 aromatic rings. The third-order valence-electron chi connectivity index (χ3n) is 4.45. The van der Waals surface area contributed by atoms with Crippen molar-refractivity contribution < 1.29 is 19.1 Å². The first-order valence-electron chi connectivity index (χ1n) is 8.00. The first-order chi connectivity index (χ1) is 12.5. The molecule has 3 heterocycles. The maximum Gasteiger partial charge on any atom is 0.308 e. The molecule has 1 atom stereocenters. The van der Waals surface area contributed by atoms with E-state index in [2.05, 4.69) is 20.5 Å². The monoisotopic (exact) mass is 355 g/mol. The minimum absolute atomic E-state index is 0.0872. The first-order valence-corrected chi connectivity index (χ1v) is 8.00. The number of halogens is 1. The molecule has 0 radical (unpaired) electrons. The number of amides is 1. The number of carbonyl (C=O) groups excluding carboxylic acids is 1. The molecule has 1 unspecified atom stereocenters. The summed E-state index contributed by atoms with van der Waals surface area (Å²) in [5.41, 5.74) is 0.536. The van der Waals surface area contributed by atoms with E-state index in [0.29, 0.717) is 18.1 Å². The number of carbonyl (C=O) groups is 2. The number of benzene rings is 1. The summed E-state index contributed by atoms with van der Waals surface area (Å²) in [6.07, 6.45) is 1.82. The second kappa shape index (κ2) is 6.17. The molecule has 0 fully saturated rings.